The van der Waals surface area contributed by atoms with Crippen molar-refractivity contribution in [2.75, 3.05) is 0 Å². The van der Waals surface area contributed by atoms with E-state index >= 15 is 0 Å². The first-order valence-electron chi connectivity index (χ1n) is 8.83. The van der Waals surface area contributed by atoms with Crippen molar-refractivity contribution in [3.8, 4) is 0 Å². The normalized spacial score (nSPS) is 17.9. The molecule has 0 radical (unpaired) electrons. The molecule has 0 heterocycles. The van der Waals surface area contributed by atoms with Gasteiger partial charge in [0.25, 0.3) is 0 Å². The Hall–Kier alpha value is -2.66. The first kappa shape index (κ1) is 19.1. The van der Waals surface area contributed by atoms with E-state index in [0.29, 0.717) is 22.2 Å². The summed E-state index contributed by atoms with van der Waals surface area (Å²) in [5.74, 6) is 0.231. The van der Waals surface area contributed by atoms with Gasteiger partial charge in [-0.05, 0) is 61.1 Å². The lowest BCUT2D eigenvalue weighted by Gasteiger charge is -2.26. The maximum atomic E-state index is 13.9. The Morgan fingerprint density at radius 1 is 1.22 bits per heavy atom. The van der Waals surface area contributed by atoms with Crippen molar-refractivity contribution in [3.05, 3.63) is 75.6 Å². The molecule has 2 aromatic rings. The van der Waals surface area contributed by atoms with Crippen LogP contribution in [0, 0.1) is 5.82 Å². The number of fused-ring (bicyclic) bond motifs is 1. The average molecular weight is 385 g/mol. The van der Waals surface area contributed by atoms with Crippen molar-refractivity contribution in [2.24, 2.45) is 21.5 Å². The van der Waals surface area contributed by atoms with Gasteiger partial charge in [0.05, 0.1) is 10.7 Å². The quantitative estimate of drug-likeness (QED) is 0.587. The fourth-order valence-electron chi connectivity index (χ4n) is 3.41. The molecule has 1 atom stereocenters. The van der Waals surface area contributed by atoms with Crippen molar-refractivity contribution in [2.45, 2.75) is 32.6 Å². The molecule has 0 amide bonds. The Bertz CT molecular complexity index is 962. The number of benzene rings is 2. The fraction of sp³-hybridized carbons (Fsp3) is 0.238. The summed E-state index contributed by atoms with van der Waals surface area (Å²) in [7, 11) is 0. The van der Waals surface area contributed by atoms with E-state index in [1.54, 1.807) is 12.1 Å². The van der Waals surface area contributed by atoms with Crippen LogP contribution in [-0.2, 0) is 0 Å². The lowest BCUT2D eigenvalue weighted by molar-refractivity contribution is 0.614. The number of guanidine groups is 1. The van der Waals surface area contributed by atoms with Crippen molar-refractivity contribution in [1.82, 2.24) is 0 Å². The number of rotatable bonds is 3. The summed E-state index contributed by atoms with van der Waals surface area (Å²) in [6.45, 7) is 4.12. The number of nitrogens with two attached hydrogens (primary N) is 2. The third kappa shape index (κ3) is 4.03. The highest BCUT2D eigenvalue weighted by Gasteiger charge is 2.24. The predicted molar refractivity (Wildman–Crippen MR) is 110 cm³/mol. The van der Waals surface area contributed by atoms with Crippen LogP contribution in [0.5, 0.6) is 0 Å². The van der Waals surface area contributed by atoms with E-state index in [0.717, 1.165) is 29.5 Å². The van der Waals surface area contributed by atoms with Crippen LogP contribution in [0.25, 0.3) is 5.70 Å². The summed E-state index contributed by atoms with van der Waals surface area (Å²) in [6, 6.07) is 11.9. The van der Waals surface area contributed by atoms with Crippen LogP contribution in [0.2, 0.25) is 5.02 Å². The molecule has 0 saturated carbocycles. The number of aliphatic imine (C=N–C) groups is 2. The highest BCUT2D eigenvalue weighted by molar-refractivity contribution is 6.34. The molecule has 0 fully saturated rings. The Kier molecular flexibility index (Phi) is 5.61. The molecule has 0 bridgehead atoms. The minimum Gasteiger partial charge on any atom is -0.383 e. The van der Waals surface area contributed by atoms with Gasteiger partial charge < -0.3 is 11.5 Å². The molecule has 0 saturated heterocycles. The number of hydrogen-bond donors (Lipinski definition) is 2. The highest BCUT2D eigenvalue weighted by atomic mass is 35.5. The lowest BCUT2D eigenvalue weighted by atomic mass is 9.80. The second-order valence-electron chi connectivity index (χ2n) is 6.62. The molecule has 6 heteroatoms. The topological polar surface area (TPSA) is 76.8 Å². The Morgan fingerprint density at radius 3 is 2.67 bits per heavy atom. The van der Waals surface area contributed by atoms with E-state index in [9.17, 15) is 4.39 Å². The molecule has 2 aromatic carbocycles. The van der Waals surface area contributed by atoms with E-state index < -0.39 is 0 Å². The van der Waals surface area contributed by atoms with E-state index in [1.807, 2.05) is 25.1 Å². The number of amidine groups is 1. The van der Waals surface area contributed by atoms with Crippen LogP contribution in [0.3, 0.4) is 0 Å². The maximum absolute atomic E-state index is 13.9. The van der Waals surface area contributed by atoms with Gasteiger partial charge in [-0.1, -0.05) is 36.7 Å². The van der Waals surface area contributed by atoms with Gasteiger partial charge in [-0.25, -0.2) is 9.38 Å². The van der Waals surface area contributed by atoms with Crippen LogP contribution in [0.4, 0.5) is 4.39 Å². The van der Waals surface area contributed by atoms with Gasteiger partial charge in [-0.15, -0.1) is 0 Å². The van der Waals surface area contributed by atoms with Gasteiger partial charge in [0.2, 0.25) is 5.96 Å². The Balaban J connectivity index is 2.02. The fourth-order valence-corrected chi connectivity index (χ4v) is 3.64. The van der Waals surface area contributed by atoms with E-state index in [1.165, 1.54) is 12.1 Å². The van der Waals surface area contributed by atoms with Crippen molar-refractivity contribution < 1.29 is 4.39 Å². The molecule has 4 nitrogen and oxygen atoms in total. The van der Waals surface area contributed by atoms with Gasteiger partial charge in [-0.2, -0.15) is 4.99 Å². The molecule has 0 spiro atoms. The zero-order chi connectivity index (χ0) is 19.6. The van der Waals surface area contributed by atoms with Crippen LogP contribution >= 0.6 is 11.6 Å². The molecule has 1 aliphatic rings. The SMILES string of the molecule is CCC1CC(C)=C(N=C(N)N=C(N)c2ccccc2Cl)c2cc(F)ccc21. The minimum atomic E-state index is -0.302. The molecule has 0 aliphatic heterocycles. The smallest absolute Gasteiger partial charge is 0.222 e. The molecule has 140 valence electrons. The third-order valence-corrected chi connectivity index (χ3v) is 5.10. The Morgan fingerprint density at radius 2 is 1.96 bits per heavy atom. The van der Waals surface area contributed by atoms with Gasteiger partial charge in [0, 0.05) is 11.1 Å². The van der Waals surface area contributed by atoms with Crippen molar-refractivity contribution >= 4 is 29.1 Å². The average Bonchev–Trinajstić information content (AvgIpc) is 2.64. The molecule has 4 N–H and O–H groups in total. The van der Waals surface area contributed by atoms with Crippen molar-refractivity contribution in [3.63, 3.8) is 0 Å². The largest absolute Gasteiger partial charge is 0.383 e. The van der Waals surface area contributed by atoms with Gasteiger partial charge in [-0.3, -0.25) is 0 Å². The number of nitrogens with zero attached hydrogens (tertiary/aromatic N) is 2. The summed E-state index contributed by atoms with van der Waals surface area (Å²) >= 11 is 6.14. The first-order valence-corrected chi connectivity index (χ1v) is 9.21. The Labute approximate surface area is 163 Å². The number of hydrogen-bond acceptors (Lipinski definition) is 1. The standard InChI is InChI=1S/C21H22ClFN4/c1-3-13-10-12(2)19(17-11-14(23)8-9-15(13)17)26-21(25)27-20(24)16-6-4-5-7-18(16)22/h4-9,11,13H,3,10H2,1-2H3,(H4,24,25,26,27). The second kappa shape index (κ2) is 7.92. The lowest BCUT2D eigenvalue weighted by Crippen LogP contribution is -2.20. The van der Waals surface area contributed by atoms with Gasteiger partial charge in [0.15, 0.2) is 0 Å². The summed E-state index contributed by atoms with van der Waals surface area (Å²) in [5.41, 5.74) is 16.2. The van der Waals surface area contributed by atoms with E-state index in [-0.39, 0.29) is 17.6 Å². The van der Waals surface area contributed by atoms with Crippen molar-refractivity contribution in [1.29, 1.82) is 0 Å². The second-order valence-corrected chi connectivity index (χ2v) is 7.02. The summed E-state index contributed by atoms with van der Waals surface area (Å²) < 4.78 is 13.9. The first-order chi connectivity index (χ1) is 12.9. The molecular weight excluding hydrogens is 363 g/mol. The molecule has 1 aliphatic carbocycles. The number of allylic oxidation sites excluding steroid dienone is 1. The maximum Gasteiger partial charge on any atom is 0.222 e. The zero-order valence-corrected chi connectivity index (χ0v) is 16.1. The van der Waals surface area contributed by atoms with Crippen LogP contribution < -0.4 is 11.5 Å². The monoisotopic (exact) mass is 384 g/mol. The highest BCUT2D eigenvalue weighted by Crippen LogP contribution is 2.41. The van der Waals surface area contributed by atoms with Crippen LogP contribution in [0.1, 0.15) is 49.3 Å². The molecule has 0 aromatic heterocycles. The number of halogens is 2. The van der Waals surface area contributed by atoms with Crippen LogP contribution in [0.15, 0.2) is 58.0 Å². The van der Waals surface area contributed by atoms with Gasteiger partial charge >= 0.3 is 0 Å². The summed E-state index contributed by atoms with van der Waals surface area (Å²) in [4.78, 5) is 8.64. The molecule has 3 rings (SSSR count). The molecule has 1 unspecified atom stereocenters. The van der Waals surface area contributed by atoms with Crippen LogP contribution in [-0.4, -0.2) is 11.8 Å². The molecular formula is C21H22ClFN4. The minimum absolute atomic E-state index is 0.00642. The summed E-state index contributed by atoms with van der Waals surface area (Å²) in [6.07, 6.45) is 1.82. The van der Waals surface area contributed by atoms with Gasteiger partial charge in [0.1, 0.15) is 11.7 Å². The molecule has 27 heavy (non-hydrogen) atoms. The zero-order valence-electron chi connectivity index (χ0n) is 15.3. The van der Waals surface area contributed by atoms with E-state index in [4.69, 9.17) is 23.1 Å². The van der Waals surface area contributed by atoms with E-state index in [2.05, 4.69) is 16.9 Å². The summed E-state index contributed by atoms with van der Waals surface area (Å²) in [5, 5.41) is 0.484. The predicted octanol–water partition coefficient (Wildman–Crippen LogP) is 4.83. The third-order valence-electron chi connectivity index (χ3n) is 4.77.